The van der Waals surface area contributed by atoms with Crippen molar-refractivity contribution in [3.05, 3.63) is 89.4 Å². The molecule has 1 aliphatic rings. The third-order valence-corrected chi connectivity index (χ3v) is 9.71. The quantitative estimate of drug-likeness (QED) is 0.243. The maximum atomic E-state index is 14.3. The molecule has 3 aromatic rings. The molecule has 0 bridgehead atoms. The van der Waals surface area contributed by atoms with Gasteiger partial charge in [-0.15, -0.1) is 0 Å². The Hall–Kier alpha value is -3.56. The van der Waals surface area contributed by atoms with Crippen molar-refractivity contribution < 1.29 is 22.7 Å². The third kappa shape index (κ3) is 8.30. The highest BCUT2D eigenvalue weighted by Crippen LogP contribution is 2.33. The minimum Gasteiger partial charge on any atom is -0.492 e. The number of benzene rings is 3. The minimum atomic E-state index is -4.23. The summed E-state index contributed by atoms with van der Waals surface area (Å²) in [5, 5.41) is 3.53. The summed E-state index contributed by atoms with van der Waals surface area (Å²) in [6.45, 7) is 3.72. The van der Waals surface area contributed by atoms with Gasteiger partial charge in [0.25, 0.3) is 10.0 Å². The maximum absolute atomic E-state index is 14.3. The van der Waals surface area contributed by atoms with Gasteiger partial charge in [-0.1, -0.05) is 73.8 Å². The first-order chi connectivity index (χ1) is 20.7. The van der Waals surface area contributed by atoms with E-state index in [2.05, 4.69) is 5.32 Å². The zero-order valence-corrected chi connectivity index (χ0v) is 26.3. The van der Waals surface area contributed by atoms with Gasteiger partial charge in [0.1, 0.15) is 18.3 Å². The van der Waals surface area contributed by atoms with Crippen LogP contribution >= 0.6 is 11.6 Å². The number of hydrogen-bond acceptors (Lipinski definition) is 5. The van der Waals surface area contributed by atoms with E-state index < -0.39 is 28.5 Å². The van der Waals surface area contributed by atoms with Crippen LogP contribution in [0.4, 0.5) is 5.69 Å². The first-order valence-electron chi connectivity index (χ1n) is 14.9. The zero-order chi connectivity index (χ0) is 30.8. The van der Waals surface area contributed by atoms with Crippen LogP contribution in [0.2, 0.25) is 5.02 Å². The number of nitrogens with one attached hydrogen (secondary N) is 1. The van der Waals surface area contributed by atoms with Crippen molar-refractivity contribution in [1.29, 1.82) is 0 Å². The third-order valence-electron chi connectivity index (χ3n) is 7.69. The highest BCUT2D eigenvalue weighted by Gasteiger charge is 2.35. The van der Waals surface area contributed by atoms with Gasteiger partial charge < -0.3 is 15.0 Å². The lowest BCUT2D eigenvalue weighted by atomic mass is 10.1. The van der Waals surface area contributed by atoms with Crippen LogP contribution in [0.5, 0.6) is 5.75 Å². The van der Waals surface area contributed by atoms with Crippen molar-refractivity contribution in [3.63, 3.8) is 0 Å². The highest BCUT2D eigenvalue weighted by molar-refractivity contribution is 7.92. The number of para-hydroxylation sites is 2. The van der Waals surface area contributed by atoms with E-state index in [0.29, 0.717) is 30.2 Å². The number of rotatable bonds is 14. The molecule has 1 fully saturated rings. The summed E-state index contributed by atoms with van der Waals surface area (Å²) in [6, 6.07) is 21.6. The molecule has 0 heterocycles. The lowest BCUT2D eigenvalue weighted by Crippen LogP contribution is -2.54. The van der Waals surface area contributed by atoms with Gasteiger partial charge in [-0.2, -0.15) is 0 Å². The number of halogens is 1. The molecule has 0 spiro atoms. The molecule has 1 aliphatic carbocycles. The Bertz CT molecular complexity index is 1460. The van der Waals surface area contributed by atoms with Crippen LogP contribution in [0.15, 0.2) is 83.8 Å². The molecule has 230 valence electrons. The largest absolute Gasteiger partial charge is 0.492 e. The molecule has 43 heavy (non-hydrogen) atoms. The Kier molecular flexibility index (Phi) is 11.5. The number of carbonyl (C=O) groups excluding carboxylic acids is 2. The van der Waals surface area contributed by atoms with Gasteiger partial charge in [0.05, 0.1) is 17.2 Å². The number of carbonyl (C=O) groups is 2. The number of hydrogen-bond donors (Lipinski definition) is 1. The molecule has 0 unspecified atom stereocenters. The standard InChI is InChI=1S/C33H40ClN3O5S/c1-3-29(33(39)35-27-14-8-9-15-27)36(23-22-25-12-6-5-7-13-25)32(38)24-37(30-16-10-11-17-31(30)42-4-2)43(40,41)28-20-18-26(34)19-21-28/h5-7,10-13,16-21,27,29H,3-4,8-9,14-15,22-24H2,1-2H3,(H,35,39)/t29-/m1/s1. The predicted molar refractivity (Wildman–Crippen MR) is 170 cm³/mol. The number of sulfonamides is 1. The first-order valence-corrected chi connectivity index (χ1v) is 16.7. The normalized spacial score (nSPS) is 14.2. The second-order valence-electron chi connectivity index (χ2n) is 10.6. The summed E-state index contributed by atoms with van der Waals surface area (Å²) < 4.78 is 35.1. The topological polar surface area (TPSA) is 96.0 Å². The van der Waals surface area contributed by atoms with Crippen LogP contribution < -0.4 is 14.4 Å². The van der Waals surface area contributed by atoms with Crippen molar-refractivity contribution >= 4 is 39.1 Å². The van der Waals surface area contributed by atoms with Gasteiger partial charge in [-0.25, -0.2) is 8.42 Å². The molecule has 2 amide bonds. The maximum Gasteiger partial charge on any atom is 0.264 e. The number of nitrogens with zero attached hydrogens (tertiary/aromatic N) is 2. The molecule has 0 aromatic heterocycles. The average Bonchev–Trinajstić information content (AvgIpc) is 3.52. The number of ether oxygens (including phenoxy) is 1. The SMILES string of the molecule is CCOc1ccccc1N(CC(=O)N(CCc1ccccc1)[C@H](CC)C(=O)NC1CCCC1)S(=O)(=O)c1ccc(Cl)cc1. The van der Waals surface area contributed by atoms with Crippen LogP contribution in [0.3, 0.4) is 0 Å². The molecule has 3 aromatic carbocycles. The van der Waals surface area contributed by atoms with E-state index >= 15 is 0 Å². The van der Waals surface area contributed by atoms with Gasteiger partial charge in [-0.3, -0.25) is 13.9 Å². The second-order valence-corrected chi connectivity index (χ2v) is 12.9. The monoisotopic (exact) mass is 625 g/mol. The fourth-order valence-corrected chi connectivity index (χ4v) is 7.00. The minimum absolute atomic E-state index is 0.0159. The Morgan fingerprint density at radius 2 is 1.60 bits per heavy atom. The van der Waals surface area contributed by atoms with E-state index in [1.807, 2.05) is 37.3 Å². The Morgan fingerprint density at radius 1 is 0.953 bits per heavy atom. The molecule has 0 saturated heterocycles. The van der Waals surface area contributed by atoms with E-state index in [0.717, 1.165) is 35.6 Å². The predicted octanol–water partition coefficient (Wildman–Crippen LogP) is 5.84. The van der Waals surface area contributed by atoms with E-state index in [1.54, 1.807) is 31.2 Å². The van der Waals surface area contributed by atoms with Crippen molar-refractivity contribution in [2.24, 2.45) is 0 Å². The number of anilines is 1. The summed E-state index contributed by atoms with van der Waals surface area (Å²) in [5.74, 6) is -0.358. The molecule has 0 radical (unpaired) electrons. The van der Waals surface area contributed by atoms with Gasteiger partial charge in [0, 0.05) is 17.6 Å². The van der Waals surface area contributed by atoms with Crippen molar-refractivity contribution in [3.8, 4) is 5.75 Å². The van der Waals surface area contributed by atoms with Gasteiger partial charge in [0.15, 0.2) is 0 Å². The smallest absolute Gasteiger partial charge is 0.264 e. The molecule has 1 N–H and O–H groups in total. The van der Waals surface area contributed by atoms with Crippen LogP contribution in [0.1, 0.15) is 51.5 Å². The number of amides is 2. The van der Waals surface area contributed by atoms with E-state index in [-0.39, 0.29) is 29.1 Å². The van der Waals surface area contributed by atoms with Gasteiger partial charge in [0.2, 0.25) is 11.8 Å². The van der Waals surface area contributed by atoms with Crippen molar-refractivity contribution in [2.75, 3.05) is 24.0 Å². The summed E-state index contributed by atoms with van der Waals surface area (Å²) in [6.07, 6.45) is 4.87. The molecular weight excluding hydrogens is 586 g/mol. The lowest BCUT2D eigenvalue weighted by molar-refractivity contribution is -0.139. The Morgan fingerprint density at radius 3 is 2.26 bits per heavy atom. The Labute approximate surface area is 260 Å². The summed E-state index contributed by atoms with van der Waals surface area (Å²) in [7, 11) is -4.23. The second kappa shape index (κ2) is 15.3. The van der Waals surface area contributed by atoms with Crippen molar-refractivity contribution in [2.45, 2.75) is 69.4 Å². The van der Waals surface area contributed by atoms with Crippen LogP contribution in [0.25, 0.3) is 0 Å². The molecule has 0 aliphatic heterocycles. The van der Waals surface area contributed by atoms with E-state index in [4.69, 9.17) is 16.3 Å². The van der Waals surface area contributed by atoms with Crippen LogP contribution in [-0.4, -0.2) is 56.9 Å². The van der Waals surface area contributed by atoms with E-state index in [1.165, 1.54) is 29.2 Å². The van der Waals surface area contributed by atoms with Crippen molar-refractivity contribution in [1.82, 2.24) is 10.2 Å². The lowest BCUT2D eigenvalue weighted by Gasteiger charge is -2.34. The first kappa shape index (κ1) is 32.4. The van der Waals surface area contributed by atoms with Crippen LogP contribution in [-0.2, 0) is 26.0 Å². The molecule has 1 saturated carbocycles. The fourth-order valence-electron chi connectivity index (χ4n) is 5.45. The molecule has 8 nitrogen and oxygen atoms in total. The van der Waals surface area contributed by atoms with Gasteiger partial charge in [-0.05, 0) is 74.6 Å². The summed E-state index contributed by atoms with van der Waals surface area (Å²) in [4.78, 5) is 29.3. The van der Waals surface area contributed by atoms with E-state index in [9.17, 15) is 18.0 Å². The molecular formula is C33H40ClN3O5S. The Balaban J connectivity index is 1.71. The average molecular weight is 626 g/mol. The molecule has 1 atom stereocenters. The summed E-state index contributed by atoms with van der Waals surface area (Å²) in [5.41, 5.74) is 1.25. The van der Waals surface area contributed by atoms with Crippen LogP contribution in [0, 0.1) is 0 Å². The molecule has 4 rings (SSSR count). The summed E-state index contributed by atoms with van der Waals surface area (Å²) >= 11 is 6.05. The van der Waals surface area contributed by atoms with Gasteiger partial charge >= 0.3 is 0 Å². The zero-order valence-electron chi connectivity index (χ0n) is 24.7. The highest BCUT2D eigenvalue weighted by atomic mass is 35.5. The fraction of sp³-hybridized carbons (Fsp3) is 0.394. The molecule has 10 heteroatoms.